The van der Waals surface area contributed by atoms with Gasteiger partial charge in [0.15, 0.2) is 9.84 Å². The molecule has 0 radical (unpaired) electrons. The largest absolute Gasteiger partial charge is 0.494 e. The van der Waals surface area contributed by atoms with Crippen LogP contribution in [-0.2, 0) is 14.6 Å². The summed E-state index contributed by atoms with van der Waals surface area (Å²) >= 11 is 0. The second kappa shape index (κ2) is 5.67. The van der Waals surface area contributed by atoms with E-state index in [4.69, 9.17) is 9.84 Å². The van der Waals surface area contributed by atoms with E-state index in [0.29, 0.717) is 12.4 Å². The summed E-state index contributed by atoms with van der Waals surface area (Å²) < 4.78 is 28.6. The highest BCUT2D eigenvalue weighted by Gasteiger charge is 2.15. The molecule has 0 saturated heterocycles. The first kappa shape index (κ1) is 13.5. The predicted octanol–water partition coefficient (Wildman–Crippen LogP) is 1.33. The zero-order valence-corrected chi connectivity index (χ0v) is 10.2. The van der Waals surface area contributed by atoms with Crippen LogP contribution in [0.3, 0.4) is 0 Å². The fraction of sp³-hybridized carbons (Fsp3) is 0.364. The topological polar surface area (TPSA) is 80.7 Å². The molecule has 5 nitrogen and oxygen atoms in total. The van der Waals surface area contributed by atoms with Gasteiger partial charge in [0.2, 0.25) is 0 Å². The minimum absolute atomic E-state index is 0.113. The smallest absolute Gasteiger partial charge is 0.304 e. The van der Waals surface area contributed by atoms with E-state index in [1.54, 1.807) is 12.1 Å². The second-order valence-electron chi connectivity index (χ2n) is 3.37. The highest BCUT2D eigenvalue weighted by atomic mass is 32.2. The molecule has 0 fully saturated rings. The van der Waals surface area contributed by atoms with Gasteiger partial charge in [-0.25, -0.2) is 8.42 Å². The molecule has 1 aromatic rings. The summed E-state index contributed by atoms with van der Waals surface area (Å²) in [5, 5.41) is 8.45. The quantitative estimate of drug-likeness (QED) is 0.832. The third-order valence-corrected chi connectivity index (χ3v) is 3.81. The third-order valence-electron chi connectivity index (χ3n) is 2.08. The van der Waals surface area contributed by atoms with Gasteiger partial charge in [-0.15, -0.1) is 0 Å². The number of hydrogen-bond donors (Lipinski definition) is 1. The van der Waals surface area contributed by atoms with Crippen LogP contribution in [-0.4, -0.2) is 31.9 Å². The van der Waals surface area contributed by atoms with Crippen molar-refractivity contribution in [3.8, 4) is 5.75 Å². The van der Waals surface area contributed by atoms with Crippen molar-refractivity contribution in [1.82, 2.24) is 0 Å². The standard InChI is InChI=1S/C11H14O5S/c1-2-16-9-3-5-10(6-4-9)17(14,15)8-7-11(12)13/h3-6H,2,7-8H2,1H3,(H,12,13). The summed E-state index contributed by atoms with van der Waals surface area (Å²) in [4.78, 5) is 10.4. The minimum atomic E-state index is -3.52. The van der Waals surface area contributed by atoms with Crippen LogP contribution in [0.15, 0.2) is 29.2 Å². The first-order valence-corrected chi connectivity index (χ1v) is 6.78. The lowest BCUT2D eigenvalue weighted by atomic mass is 10.3. The van der Waals surface area contributed by atoms with Crippen molar-refractivity contribution >= 4 is 15.8 Å². The van der Waals surface area contributed by atoms with Gasteiger partial charge in [-0.1, -0.05) is 0 Å². The number of sulfone groups is 1. The van der Waals surface area contributed by atoms with Crippen LogP contribution in [0.5, 0.6) is 5.75 Å². The van der Waals surface area contributed by atoms with Gasteiger partial charge in [-0.2, -0.15) is 0 Å². The molecule has 0 aromatic heterocycles. The summed E-state index contributed by atoms with van der Waals surface area (Å²) in [5.41, 5.74) is 0. The molecule has 17 heavy (non-hydrogen) atoms. The average molecular weight is 258 g/mol. The van der Waals surface area contributed by atoms with Crippen LogP contribution >= 0.6 is 0 Å². The fourth-order valence-corrected chi connectivity index (χ4v) is 2.48. The third kappa shape index (κ3) is 4.07. The second-order valence-corrected chi connectivity index (χ2v) is 5.48. The maximum Gasteiger partial charge on any atom is 0.304 e. The molecule has 6 heteroatoms. The van der Waals surface area contributed by atoms with E-state index in [-0.39, 0.29) is 4.90 Å². The highest BCUT2D eigenvalue weighted by molar-refractivity contribution is 7.91. The van der Waals surface area contributed by atoms with Crippen molar-refractivity contribution < 1.29 is 23.1 Å². The van der Waals surface area contributed by atoms with Crippen molar-refractivity contribution in [2.75, 3.05) is 12.4 Å². The van der Waals surface area contributed by atoms with Gasteiger partial charge in [0.1, 0.15) is 5.75 Å². The van der Waals surface area contributed by atoms with Crippen molar-refractivity contribution in [2.24, 2.45) is 0 Å². The van der Waals surface area contributed by atoms with E-state index < -0.39 is 28.0 Å². The Hall–Kier alpha value is -1.56. The number of carboxylic acids is 1. The number of carbonyl (C=O) groups is 1. The van der Waals surface area contributed by atoms with E-state index in [9.17, 15) is 13.2 Å². The van der Waals surface area contributed by atoms with Gasteiger partial charge in [-0.3, -0.25) is 4.79 Å². The monoisotopic (exact) mass is 258 g/mol. The van der Waals surface area contributed by atoms with E-state index in [2.05, 4.69) is 0 Å². The van der Waals surface area contributed by atoms with E-state index in [1.165, 1.54) is 12.1 Å². The zero-order chi connectivity index (χ0) is 12.9. The molecule has 94 valence electrons. The van der Waals surface area contributed by atoms with Gasteiger partial charge >= 0.3 is 5.97 Å². The first-order valence-electron chi connectivity index (χ1n) is 5.13. The number of hydrogen-bond acceptors (Lipinski definition) is 4. The summed E-state index contributed by atoms with van der Waals surface area (Å²) in [6.45, 7) is 2.34. The Balaban J connectivity index is 2.81. The summed E-state index contributed by atoms with van der Waals surface area (Å²) in [6.07, 6.45) is -0.393. The van der Waals surface area contributed by atoms with Gasteiger partial charge in [0.25, 0.3) is 0 Å². The van der Waals surface area contributed by atoms with E-state index in [0.717, 1.165) is 0 Å². The van der Waals surface area contributed by atoms with Gasteiger partial charge < -0.3 is 9.84 Å². The summed E-state index contributed by atoms with van der Waals surface area (Å²) in [7, 11) is -3.52. The summed E-state index contributed by atoms with van der Waals surface area (Å²) in [5.74, 6) is -0.930. The Morgan fingerprint density at radius 2 is 1.88 bits per heavy atom. The fourth-order valence-electron chi connectivity index (χ4n) is 1.25. The van der Waals surface area contributed by atoms with Crippen LogP contribution in [0.1, 0.15) is 13.3 Å². The molecule has 0 amide bonds. The van der Waals surface area contributed by atoms with E-state index in [1.807, 2.05) is 6.92 Å². The predicted molar refractivity (Wildman–Crippen MR) is 61.9 cm³/mol. The molecule has 0 aliphatic carbocycles. The molecule has 0 spiro atoms. The molecule has 0 aliphatic rings. The SMILES string of the molecule is CCOc1ccc(S(=O)(=O)CCC(=O)O)cc1. The molecular weight excluding hydrogens is 244 g/mol. The number of ether oxygens (including phenoxy) is 1. The molecule has 1 aromatic carbocycles. The van der Waals surface area contributed by atoms with Crippen molar-refractivity contribution in [2.45, 2.75) is 18.2 Å². The van der Waals surface area contributed by atoms with Gasteiger partial charge in [0, 0.05) is 0 Å². The molecule has 1 N–H and O–H groups in total. The summed E-state index contributed by atoms with van der Waals surface area (Å²) in [6, 6.07) is 5.94. The molecule has 0 bridgehead atoms. The van der Waals surface area contributed by atoms with Crippen molar-refractivity contribution in [3.63, 3.8) is 0 Å². The number of benzene rings is 1. The lowest BCUT2D eigenvalue weighted by Gasteiger charge is -2.05. The van der Waals surface area contributed by atoms with Crippen molar-refractivity contribution in [1.29, 1.82) is 0 Å². The molecule has 1 rings (SSSR count). The number of carboxylic acid groups (broad SMARTS) is 1. The molecule has 0 heterocycles. The maximum atomic E-state index is 11.7. The minimum Gasteiger partial charge on any atom is -0.494 e. The van der Waals surface area contributed by atoms with E-state index >= 15 is 0 Å². The Labute approximate surface area is 100.0 Å². The Kier molecular flexibility index (Phi) is 4.51. The lowest BCUT2D eigenvalue weighted by molar-refractivity contribution is -0.136. The van der Waals surface area contributed by atoms with Crippen LogP contribution in [0.25, 0.3) is 0 Å². The number of rotatable bonds is 6. The molecular formula is C11H14O5S. The normalized spacial score (nSPS) is 11.1. The van der Waals surface area contributed by atoms with Crippen LogP contribution in [0, 0.1) is 0 Å². The number of aliphatic carboxylic acids is 1. The van der Waals surface area contributed by atoms with Gasteiger partial charge in [-0.05, 0) is 31.2 Å². The Morgan fingerprint density at radius 1 is 1.29 bits per heavy atom. The van der Waals surface area contributed by atoms with Crippen LogP contribution in [0.4, 0.5) is 0 Å². The Bertz CT molecular complexity index is 475. The van der Waals surface area contributed by atoms with Gasteiger partial charge in [0.05, 0.1) is 23.7 Å². The molecule has 0 aliphatic heterocycles. The lowest BCUT2D eigenvalue weighted by Crippen LogP contribution is -2.10. The van der Waals surface area contributed by atoms with Crippen LogP contribution in [0.2, 0.25) is 0 Å². The first-order chi connectivity index (χ1) is 7.95. The zero-order valence-electron chi connectivity index (χ0n) is 9.42. The molecule has 0 unspecified atom stereocenters. The Morgan fingerprint density at radius 3 is 2.35 bits per heavy atom. The maximum absolute atomic E-state index is 11.7. The molecule has 0 atom stereocenters. The molecule has 0 saturated carbocycles. The average Bonchev–Trinajstić information content (AvgIpc) is 2.28. The van der Waals surface area contributed by atoms with Crippen molar-refractivity contribution in [3.05, 3.63) is 24.3 Å². The van der Waals surface area contributed by atoms with Crippen LogP contribution < -0.4 is 4.74 Å². The highest BCUT2D eigenvalue weighted by Crippen LogP contribution is 2.17.